The van der Waals surface area contributed by atoms with E-state index in [0.29, 0.717) is 22.3 Å². The molecule has 0 unspecified atom stereocenters. The number of benzene rings is 3. The molecule has 0 fully saturated rings. The quantitative estimate of drug-likeness (QED) is 0.283. The van der Waals surface area contributed by atoms with Crippen LogP contribution in [-0.2, 0) is 0 Å². The van der Waals surface area contributed by atoms with Crippen LogP contribution in [-0.4, -0.2) is 21.4 Å². The van der Waals surface area contributed by atoms with Gasteiger partial charge in [0.25, 0.3) is 11.4 Å². The summed E-state index contributed by atoms with van der Waals surface area (Å²) in [4.78, 5) is 46.2. The van der Waals surface area contributed by atoms with Crippen molar-refractivity contribution in [3.8, 4) is 0 Å². The highest BCUT2D eigenvalue weighted by Crippen LogP contribution is 2.29. The summed E-state index contributed by atoms with van der Waals surface area (Å²) >= 11 is 0. The first-order chi connectivity index (χ1) is 14.4. The molecule has 0 radical (unpaired) electrons. The number of carbonyl (C=O) groups excluding carboxylic acids is 2. The Bertz CT molecular complexity index is 1290. The molecule has 0 aliphatic heterocycles. The van der Waals surface area contributed by atoms with Gasteiger partial charge in [0.2, 0.25) is 0 Å². The van der Waals surface area contributed by atoms with E-state index < -0.39 is 15.5 Å². The maximum atomic E-state index is 12.8. The minimum Gasteiger partial charge on any atom is -0.289 e. The molecule has 4 rings (SSSR count). The van der Waals surface area contributed by atoms with Crippen LogP contribution in [0.15, 0.2) is 60.7 Å². The zero-order chi connectivity index (χ0) is 21.4. The Morgan fingerprint density at radius 2 is 1.30 bits per heavy atom. The molecule has 1 aliphatic carbocycles. The van der Waals surface area contributed by atoms with Crippen molar-refractivity contribution in [1.29, 1.82) is 0 Å². The van der Waals surface area contributed by atoms with Crippen molar-refractivity contribution in [2.24, 2.45) is 0 Å². The van der Waals surface area contributed by atoms with E-state index in [4.69, 9.17) is 0 Å². The number of rotatable bonds is 4. The minimum absolute atomic E-state index is 0.177. The first-order valence-corrected chi connectivity index (χ1v) is 8.80. The Balaban J connectivity index is 1.72. The summed E-state index contributed by atoms with van der Waals surface area (Å²) in [6.07, 6.45) is 2.99. The van der Waals surface area contributed by atoms with Gasteiger partial charge >= 0.3 is 0 Å². The van der Waals surface area contributed by atoms with Crippen molar-refractivity contribution in [2.75, 3.05) is 0 Å². The molecule has 0 bridgehead atoms. The molecule has 1 aliphatic rings. The standard InChI is InChI=1S/C22H12N2O6/c25-21-16-3-1-2-4-17(16)22(26)19-11-13(6-10-18(19)21)5-7-14-8-9-15(23(27)28)12-20(14)24(29)30/h1-12H/b7-5+. The van der Waals surface area contributed by atoms with Crippen LogP contribution in [0, 0.1) is 20.2 Å². The molecule has 0 aromatic heterocycles. The normalized spacial score (nSPS) is 12.5. The fourth-order valence-electron chi connectivity index (χ4n) is 3.35. The third-order valence-electron chi connectivity index (χ3n) is 4.83. The van der Waals surface area contributed by atoms with Crippen molar-refractivity contribution >= 4 is 35.1 Å². The first kappa shape index (κ1) is 18.9. The van der Waals surface area contributed by atoms with E-state index in [2.05, 4.69) is 0 Å². The smallest absolute Gasteiger partial charge is 0.283 e. The van der Waals surface area contributed by atoms with Crippen LogP contribution in [0.5, 0.6) is 0 Å². The maximum Gasteiger partial charge on any atom is 0.283 e. The number of nitro benzene ring substituents is 2. The predicted molar refractivity (Wildman–Crippen MR) is 108 cm³/mol. The largest absolute Gasteiger partial charge is 0.289 e. The monoisotopic (exact) mass is 400 g/mol. The Labute approximate surface area is 169 Å². The third kappa shape index (κ3) is 3.16. The van der Waals surface area contributed by atoms with E-state index in [-0.39, 0.29) is 28.4 Å². The van der Waals surface area contributed by atoms with Crippen molar-refractivity contribution < 1.29 is 19.4 Å². The second-order valence-electron chi connectivity index (χ2n) is 6.60. The van der Waals surface area contributed by atoms with Gasteiger partial charge in [-0.15, -0.1) is 0 Å². The molecule has 146 valence electrons. The van der Waals surface area contributed by atoms with Gasteiger partial charge in [0.15, 0.2) is 11.6 Å². The van der Waals surface area contributed by atoms with Crippen molar-refractivity contribution in [3.05, 3.63) is 114 Å². The van der Waals surface area contributed by atoms with Crippen LogP contribution >= 0.6 is 0 Å². The van der Waals surface area contributed by atoms with Crippen molar-refractivity contribution in [3.63, 3.8) is 0 Å². The van der Waals surface area contributed by atoms with E-state index in [1.165, 1.54) is 18.2 Å². The Morgan fingerprint density at radius 3 is 1.93 bits per heavy atom. The molecule has 0 amide bonds. The molecule has 3 aromatic rings. The number of nitrogens with zero attached hydrogens (tertiary/aromatic N) is 2. The van der Waals surface area contributed by atoms with Crippen LogP contribution in [0.25, 0.3) is 12.2 Å². The van der Waals surface area contributed by atoms with Gasteiger partial charge in [0.1, 0.15) is 0 Å². The molecule has 0 spiro atoms. The average Bonchev–Trinajstić information content (AvgIpc) is 2.75. The SMILES string of the molecule is O=C1c2ccccc2C(=O)c2cc(/C=C/c3ccc([N+](=O)[O-])cc3[N+](=O)[O-])ccc21. The van der Waals surface area contributed by atoms with Crippen molar-refractivity contribution in [2.45, 2.75) is 0 Å². The second kappa shape index (κ2) is 7.17. The van der Waals surface area contributed by atoms with Crippen molar-refractivity contribution in [1.82, 2.24) is 0 Å². The van der Waals surface area contributed by atoms with Crippen LogP contribution in [0.2, 0.25) is 0 Å². The van der Waals surface area contributed by atoms with Gasteiger partial charge in [-0.3, -0.25) is 29.8 Å². The zero-order valence-electron chi connectivity index (χ0n) is 15.3. The highest BCUT2D eigenvalue weighted by molar-refractivity contribution is 6.28. The first-order valence-electron chi connectivity index (χ1n) is 8.80. The molecule has 8 nitrogen and oxygen atoms in total. The number of hydrogen-bond donors (Lipinski definition) is 0. The summed E-state index contributed by atoms with van der Waals surface area (Å²) in [5.74, 6) is -0.501. The minimum atomic E-state index is -0.704. The number of nitro groups is 2. The van der Waals surface area contributed by atoms with E-state index >= 15 is 0 Å². The summed E-state index contributed by atoms with van der Waals surface area (Å²) in [5, 5.41) is 22.1. The Kier molecular flexibility index (Phi) is 4.51. The van der Waals surface area contributed by atoms with E-state index in [1.807, 2.05) is 0 Å². The average molecular weight is 400 g/mol. The number of non-ortho nitro benzene ring substituents is 1. The summed E-state index contributed by atoms with van der Waals surface area (Å²) < 4.78 is 0. The third-order valence-corrected chi connectivity index (χ3v) is 4.83. The predicted octanol–water partition coefficient (Wildman–Crippen LogP) is 4.45. The zero-order valence-corrected chi connectivity index (χ0v) is 15.3. The number of hydrogen-bond acceptors (Lipinski definition) is 6. The lowest BCUT2D eigenvalue weighted by molar-refractivity contribution is -0.394. The number of ketones is 2. The molecule has 8 heteroatoms. The van der Waals surface area contributed by atoms with Gasteiger partial charge in [-0.1, -0.05) is 36.4 Å². The second-order valence-corrected chi connectivity index (χ2v) is 6.60. The molecule has 0 N–H and O–H groups in total. The maximum absolute atomic E-state index is 12.8. The van der Waals surface area contributed by atoms with Gasteiger partial charge < -0.3 is 0 Å². The van der Waals surface area contributed by atoms with E-state index in [0.717, 1.165) is 6.07 Å². The fourth-order valence-corrected chi connectivity index (χ4v) is 3.35. The molecular weight excluding hydrogens is 388 g/mol. The summed E-state index contributed by atoms with van der Waals surface area (Å²) in [6, 6.07) is 14.7. The van der Waals surface area contributed by atoms with Gasteiger partial charge in [-0.05, 0) is 29.8 Å². The molecule has 0 saturated carbocycles. The summed E-state index contributed by atoms with van der Waals surface area (Å²) in [5.41, 5.74) is 1.21. The van der Waals surface area contributed by atoms with E-state index in [1.54, 1.807) is 48.5 Å². The van der Waals surface area contributed by atoms with Crippen LogP contribution in [0.3, 0.4) is 0 Å². The summed E-state index contributed by atoms with van der Waals surface area (Å²) in [7, 11) is 0. The highest BCUT2D eigenvalue weighted by atomic mass is 16.6. The lowest BCUT2D eigenvalue weighted by atomic mass is 9.83. The van der Waals surface area contributed by atoms with Gasteiger partial charge in [-0.2, -0.15) is 0 Å². The Hall–Kier alpha value is -4.46. The molecule has 3 aromatic carbocycles. The molecule has 0 heterocycles. The summed E-state index contributed by atoms with van der Waals surface area (Å²) in [6.45, 7) is 0. The molecule has 0 atom stereocenters. The molecule has 30 heavy (non-hydrogen) atoms. The Morgan fingerprint density at radius 1 is 0.667 bits per heavy atom. The number of carbonyl (C=O) groups is 2. The van der Waals surface area contributed by atoms with E-state index in [9.17, 15) is 29.8 Å². The molecule has 0 saturated heterocycles. The lowest BCUT2D eigenvalue weighted by Gasteiger charge is -2.17. The number of fused-ring (bicyclic) bond motifs is 2. The van der Waals surface area contributed by atoms with Crippen LogP contribution in [0.1, 0.15) is 43.0 Å². The van der Waals surface area contributed by atoms with Gasteiger partial charge in [-0.25, -0.2) is 0 Å². The van der Waals surface area contributed by atoms with Gasteiger partial charge in [0.05, 0.1) is 21.5 Å². The lowest BCUT2D eigenvalue weighted by Crippen LogP contribution is -2.20. The topological polar surface area (TPSA) is 120 Å². The highest BCUT2D eigenvalue weighted by Gasteiger charge is 2.29. The fraction of sp³-hybridized carbons (Fsp3) is 0. The van der Waals surface area contributed by atoms with Crippen LogP contribution < -0.4 is 0 Å². The molecular formula is C22H12N2O6. The van der Waals surface area contributed by atoms with Crippen LogP contribution in [0.4, 0.5) is 11.4 Å². The van der Waals surface area contributed by atoms with Gasteiger partial charge in [0, 0.05) is 28.3 Å².